The summed E-state index contributed by atoms with van der Waals surface area (Å²) in [5.74, 6) is 3.87. The molecule has 0 amide bonds. The van der Waals surface area contributed by atoms with Crippen LogP contribution in [-0.4, -0.2) is 6.61 Å². The predicted molar refractivity (Wildman–Crippen MR) is 65.5 cm³/mol. The van der Waals surface area contributed by atoms with Crippen LogP contribution in [0.1, 0.15) is 32.1 Å². The van der Waals surface area contributed by atoms with Crippen molar-refractivity contribution < 1.29 is 4.74 Å². The summed E-state index contributed by atoms with van der Waals surface area (Å²) in [6, 6.07) is 10.2. The lowest BCUT2D eigenvalue weighted by atomic mass is 9.81. The molecule has 0 heterocycles. The molecule has 1 heteroatoms. The molecular formula is C15H20O. The Labute approximate surface area is 97.8 Å². The highest BCUT2D eigenvalue weighted by Crippen LogP contribution is 2.44. The highest BCUT2D eigenvalue weighted by atomic mass is 16.5. The molecule has 0 N–H and O–H groups in total. The summed E-state index contributed by atoms with van der Waals surface area (Å²) in [5.41, 5.74) is 0. The van der Waals surface area contributed by atoms with Gasteiger partial charge in [0.1, 0.15) is 5.75 Å². The van der Waals surface area contributed by atoms with E-state index in [9.17, 15) is 0 Å². The molecule has 86 valence electrons. The summed E-state index contributed by atoms with van der Waals surface area (Å²) in [6.07, 6.45) is 7.27. The molecule has 3 atom stereocenters. The SMILES string of the molecule is c1ccc(OCC2C[C@H]3CC[C@@H](C2)C3)cc1. The van der Waals surface area contributed by atoms with Gasteiger partial charge in [-0.05, 0) is 49.1 Å². The standard InChI is InChI=1S/C15H20O/c1-2-4-15(5-3-1)16-11-14-9-12-6-7-13(8-12)10-14/h1-5,12-14H,6-11H2/t12-,13+,14?. The summed E-state index contributed by atoms with van der Waals surface area (Å²) >= 11 is 0. The van der Waals surface area contributed by atoms with E-state index in [1.807, 2.05) is 18.2 Å². The van der Waals surface area contributed by atoms with Crippen LogP contribution in [0.4, 0.5) is 0 Å². The van der Waals surface area contributed by atoms with Crippen molar-refractivity contribution in [1.29, 1.82) is 0 Å². The Morgan fingerprint density at radius 1 is 0.938 bits per heavy atom. The number of ether oxygens (including phenoxy) is 1. The lowest BCUT2D eigenvalue weighted by Crippen LogP contribution is -2.21. The van der Waals surface area contributed by atoms with Gasteiger partial charge in [-0.3, -0.25) is 0 Å². The van der Waals surface area contributed by atoms with Crippen LogP contribution < -0.4 is 4.74 Å². The van der Waals surface area contributed by atoms with Crippen molar-refractivity contribution in [3.05, 3.63) is 30.3 Å². The number of hydrogen-bond donors (Lipinski definition) is 0. The quantitative estimate of drug-likeness (QED) is 0.744. The summed E-state index contributed by atoms with van der Waals surface area (Å²) < 4.78 is 5.87. The van der Waals surface area contributed by atoms with Gasteiger partial charge in [0.2, 0.25) is 0 Å². The van der Waals surface area contributed by atoms with Gasteiger partial charge in [-0.15, -0.1) is 0 Å². The molecule has 16 heavy (non-hydrogen) atoms. The zero-order valence-electron chi connectivity index (χ0n) is 9.77. The molecule has 0 aliphatic heterocycles. The highest BCUT2D eigenvalue weighted by Gasteiger charge is 2.34. The van der Waals surface area contributed by atoms with Gasteiger partial charge < -0.3 is 4.74 Å². The predicted octanol–water partition coefficient (Wildman–Crippen LogP) is 3.89. The topological polar surface area (TPSA) is 9.23 Å². The van der Waals surface area contributed by atoms with Crippen molar-refractivity contribution in [1.82, 2.24) is 0 Å². The minimum absolute atomic E-state index is 0.812. The fraction of sp³-hybridized carbons (Fsp3) is 0.600. The Morgan fingerprint density at radius 3 is 2.31 bits per heavy atom. The van der Waals surface area contributed by atoms with Crippen molar-refractivity contribution in [2.45, 2.75) is 32.1 Å². The largest absolute Gasteiger partial charge is 0.493 e. The second-order valence-corrected chi connectivity index (χ2v) is 5.51. The Hall–Kier alpha value is -0.980. The maximum atomic E-state index is 5.87. The Kier molecular flexibility index (Phi) is 2.86. The Morgan fingerprint density at radius 2 is 1.62 bits per heavy atom. The molecule has 1 aromatic carbocycles. The van der Waals surface area contributed by atoms with Gasteiger partial charge in [0, 0.05) is 0 Å². The smallest absolute Gasteiger partial charge is 0.119 e. The third-order valence-electron chi connectivity index (χ3n) is 4.21. The van der Waals surface area contributed by atoms with Crippen molar-refractivity contribution in [2.24, 2.45) is 17.8 Å². The molecule has 2 saturated carbocycles. The fourth-order valence-corrected chi connectivity index (χ4v) is 3.51. The van der Waals surface area contributed by atoms with E-state index in [0.717, 1.165) is 30.1 Å². The number of rotatable bonds is 3. The van der Waals surface area contributed by atoms with Gasteiger partial charge in [0.05, 0.1) is 6.61 Å². The first-order chi connectivity index (χ1) is 7.90. The van der Waals surface area contributed by atoms with Crippen LogP contribution >= 0.6 is 0 Å². The Bertz CT molecular complexity index is 321. The molecule has 0 spiro atoms. The monoisotopic (exact) mass is 216 g/mol. The summed E-state index contributed by atoms with van der Waals surface area (Å²) in [5, 5.41) is 0. The van der Waals surface area contributed by atoms with Gasteiger partial charge in [-0.2, -0.15) is 0 Å². The average Bonchev–Trinajstić information content (AvgIpc) is 2.67. The first kappa shape index (κ1) is 10.2. The first-order valence-electron chi connectivity index (χ1n) is 6.58. The minimum Gasteiger partial charge on any atom is -0.493 e. The van der Waals surface area contributed by atoms with E-state index in [2.05, 4.69) is 12.1 Å². The Balaban J connectivity index is 1.52. The zero-order valence-corrected chi connectivity index (χ0v) is 9.77. The average molecular weight is 216 g/mol. The van der Waals surface area contributed by atoms with E-state index >= 15 is 0 Å². The molecule has 3 rings (SSSR count). The van der Waals surface area contributed by atoms with E-state index in [4.69, 9.17) is 4.74 Å². The number of fused-ring (bicyclic) bond motifs is 2. The second kappa shape index (κ2) is 4.48. The van der Waals surface area contributed by atoms with E-state index in [1.54, 1.807) is 0 Å². The van der Waals surface area contributed by atoms with Crippen LogP contribution in [0.15, 0.2) is 30.3 Å². The van der Waals surface area contributed by atoms with Crippen molar-refractivity contribution >= 4 is 0 Å². The maximum absolute atomic E-state index is 5.87. The first-order valence-corrected chi connectivity index (χ1v) is 6.58. The van der Waals surface area contributed by atoms with Crippen molar-refractivity contribution in [3.63, 3.8) is 0 Å². The van der Waals surface area contributed by atoms with Crippen LogP contribution in [0.25, 0.3) is 0 Å². The molecule has 1 aromatic rings. The minimum atomic E-state index is 0.812. The maximum Gasteiger partial charge on any atom is 0.119 e. The van der Waals surface area contributed by atoms with Crippen LogP contribution in [0.2, 0.25) is 0 Å². The van der Waals surface area contributed by atoms with Crippen LogP contribution in [-0.2, 0) is 0 Å². The van der Waals surface area contributed by atoms with E-state index in [-0.39, 0.29) is 0 Å². The fourth-order valence-electron chi connectivity index (χ4n) is 3.51. The second-order valence-electron chi connectivity index (χ2n) is 5.51. The third-order valence-corrected chi connectivity index (χ3v) is 4.21. The van der Waals surface area contributed by atoms with Crippen molar-refractivity contribution in [2.75, 3.05) is 6.61 Å². The van der Waals surface area contributed by atoms with Crippen LogP contribution in [0, 0.1) is 17.8 Å². The molecule has 0 radical (unpaired) electrons. The molecule has 0 saturated heterocycles. The van der Waals surface area contributed by atoms with Gasteiger partial charge in [0.25, 0.3) is 0 Å². The van der Waals surface area contributed by atoms with E-state index in [1.165, 1.54) is 32.1 Å². The van der Waals surface area contributed by atoms with E-state index < -0.39 is 0 Å². The molecule has 2 bridgehead atoms. The molecule has 1 unspecified atom stereocenters. The summed E-state index contributed by atoms with van der Waals surface area (Å²) in [4.78, 5) is 0. The summed E-state index contributed by atoms with van der Waals surface area (Å²) in [6.45, 7) is 0.928. The number of hydrogen-bond acceptors (Lipinski definition) is 1. The van der Waals surface area contributed by atoms with Crippen molar-refractivity contribution in [3.8, 4) is 5.75 Å². The van der Waals surface area contributed by atoms with Gasteiger partial charge in [-0.1, -0.05) is 31.0 Å². The lowest BCUT2D eigenvalue weighted by Gasteiger charge is -2.27. The lowest BCUT2D eigenvalue weighted by molar-refractivity contribution is 0.171. The van der Waals surface area contributed by atoms with Crippen LogP contribution in [0.5, 0.6) is 5.75 Å². The molecule has 1 nitrogen and oxygen atoms in total. The number of para-hydroxylation sites is 1. The summed E-state index contributed by atoms with van der Waals surface area (Å²) in [7, 11) is 0. The van der Waals surface area contributed by atoms with Gasteiger partial charge in [-0.25, -0.2) is 0 Å². The molecule has 2 aliphatic carbocycles. The highest BCUT2D eigenvalue weighted by molar-refractivity contribution is 5.20. The molecule has 2 fully saturated rings. The number of benzene rings is 1. The normalized spacial score (nSPS) is 32.6. The van der Waals surface area contributed by atoms with E-state index in [0.29, 0.717) is 0 Å². The van der Waals surface area contributed by atoms with Gasteiger partial charge >= 0.3 is 0 Å². The van der Waals surface area contributed by atoms with Gasteiger partial charge in [0.15, 0.2) is 0 Å². The zero-order chi connectivity index (χ0) is 10.8. The van der Waals surface area contributed by atoms with Crippen LogP contribution in [0.3, 0.4) is 0 Å². The molecule has 2 aliphatic rings. The molecular weight excluding hydrogens is 196 g/mol. The third kappa shape index (κ3) is 2.23. The molecule has 0 aromatic heterocycles.